The van der Waals surface area contributed by atoms with Crippen molar-refractivity contribution < 1.29 is 9.15 Å². The number of H-pyrrole nitrogens is 1. The molecule has 1 aliphatic rings. The number of fused-ring (bicyclic) bond motifs is 1. The van der Waals surface area contributed by atoms with Crippen LogP contribution in [0.2, 0.25) is 0 Å². The predicted molar refractivity (Wildman–Crippen MR) is 118 cm³/mol. The lowest BCUT2D eigenvalue weighted by molar-refractivity contribution is 0.249. The van der Waals surface area contributed by atoms with Crippen LogP contribution in [0.1, 0.15) is 5.56 Å². The van der Waals surface area contributed by atoms with Crippen molar-refractivity contribution in [3.8, 4) is 17.1 Å². The van der Waals surface area contributed by atoms with Gasteiger partial charge in [-0.05, 0) is 17.7 Å². The van der Waals surface area contributed by atoms with Gasteiger partial charge in [0.15, 0.2) is 17.6 Å². The summed E-state index contributed by atoms with van der Waals surface area (Å²) in [7, 11) is 1.60. The summed E-state index contributed by atoms with van der Waals surface area (Å²) in [6.45, 7) is 4.41. The zero-order valence-corrected chi connectivity index (χ0v) is 17.2. The van der Waals surface area contributed by atoms with Crippen molar-refractivity contribution in [2.24, 2.45) is 0 Å². The number of aromatic amines is 1. The first kappa shape index (κ1) is 19.3. The summed E-state index contributed by atoms with van der Waals surface area (Å²) in [5.74, 6) is 2.01. The van der Waals surface area contributed by atoms with E-state index in [4.69, 9.17) is 9.15 Å². The number of methoxy groups -OCH3 is 1. The average Bonchev–Trinajstić information content (AvgIpc) is 3.34. The van der Waals surface area contributed by atoms with E-state index >= 15 is 0 Å². The number of ether oxygens (including phenoxy) is 1. The molecular weight excluding hydrogens is 394 g/mol. The minimum atomic E-state index is -0.0371. The van der Waals surface area contributed by atoms with Crippen LogP contribution < -0.4 is 15.1 Å². The van der Waals surface area contributed by atoms with Crippen molar-refractivity contribution >= 4 is 16.7 Å². The molecule has 0 bridgehead atoms. The van der Waals surface area contributed by atoms with E-state index in [-0.39, 0.29) is 5.43 Å². The van der Waals surface area contributed by atoms with Crippen LogP contribution in [0.15, 0.2) is 64.5 Å². The van der Waals surface area contributed by atoms with Gasteiger partial charge in [-0.15, -0.1) is 0 Å². The molecule has 4 heterocycles. The molecule has 5 rings (SSSR count). The Bertz CT molecular complexity index is 1230. The Morgan fingerprint density at radius 3 is 2.71 bits per heavy atom. The van der Waals surface area contributed by atoms with E-state index in [2.05, 4.69) is 30.8 Å². The minimum absolute atomic E-state index is 0.0371. The summed E-state index contributed by atoms with van der Waals surface area (Å²) in [5, 5.41) is 0.589. The number of benzene rings is 1. The number of oxazole rings is 1. The molecule has 0 saturated carbocycles. The van der Waals surface area contributed by atoms with Gasteiger partial charge in [0.25, 0.3) is 0 Å². The molecular formula is C23H23N5O3. The van der Waals surface area contributed by atoms with Gasteiger partial charge in [-0.1, -0.05) is 6.07 Å². The molecule has 1 aliphatic heterocycles. The predicted octanol–water partition coefficient (Wildman–Crippen LogP) is 2.91. The van der Waals surface area contributed by atoms with Crippen molar-refractivity contribution in [1.82, 2.24) is 19.9 Å². The van der Waals surface area contributed by atoms with E-state index in [9.17, 15) is 4.79 Å². The van der Waals surface area contributed by atoms with Gasteiger partial charge in [-0.3, -0.25) is 14.7 Å². The number of nitrogens with zero attached hydrogens (tertiary/aromatic N) is 4. The van der Waals surface area contributed by atoms with Crippen LogP contribution in [0.5, 0.6) is 5.75 Å². The van der Waals surface area contributed by atoms with Crippen LogP contribution in [-0.4, -0.2) is 53.1 Å². The van der Waals surface area contributed by atoms with E-state index in [0.717, 1.165) is 44.1 Å². The van der Waals surface area contributed by atoms with Crippen molar-refractivity contribution in [1.29, 1.82) is 0 Å². The van der Waals surface area contributed by atoms with Crippen LogP contribution >= 0.6 is 0 Å². The normalized spacial score (nSPS) is 14.8. The summed E-state index contributed by atoms with van der Waals surface area (Å²) < 4.78 is 10.9. The highest BCUT2D eigenvalue weighted by Gasteiger charge is 2.20. The molecule has 1 N–H and O–H groups in total. The summed E-state index contributed by atoms with van der Waals surface area (Å²) in [5.41, 5.74) is 2.62. The van der Waals surface area contributed by atoms with E-state index < -0.39 is 0 Å². The molecule has 8 nitrogen and oxygen atoms in total. The maximum absolute atomic E-state index is 12.9. The van der Waals surface area contributed by atoms with Crippen LogP contribution in [0.4, 0.5) is 5.82 Å². The quantitative estimate of drug-likeness (QED) is 0.534. The standard InChI is InChI=1S/C23H23N5O3/c1-30-21-10-19-17(9-18(21)22-13-25-15-31-22)20(29)11-23(26-19)28-7-5-27(6-8-28)14-16-3-2-4-24-12-16/h2-4,9-13,15H,5-8,14H2,1H3,(H,26,29). The van der Waals surface area contributed by atoms with Gasteiger partial charge in [-0.2, -0.15) is 0 Å². The Kier molecular flexibility index (Phi) is 5.13. The molecule has 31 heavy (non-hydrogen) atoms. The molecule has 8 heteroatoms. The van der Waals surface area contributed by atoms with E-state index in [1.54, 1.807) is 31.6 Å². The fourth-order valence-electron chi connectivity index (χ4n) is 4.04. The maximum atomic E-state index is 12.9. The second kappa shape index (κ2) is 8.23. The molecule has 3 aromatic heterocycles. The maximum Gasteiger partial charge on any atom is 0.191 e. The van der Waals surface area contributed by atoms with Crippen molar-refractivity contribution in [3.05, 3.63) is 71.1 Å². The van der Waals surface area contributed by atoms with Crippen molar-refractivity contribution in [3.63, 3.8) is 0 Å². The van der Waals surface area contributed by atoms with Gasteiger partial charge >= 0.3 is 0 Å². The van der Waals surface area contributed by atoms with Crippen LogP contribution in [-0.2, 0) is 6.54 Å². The molecule has 0 spiro atoms. The number of hydrogen-bond donors (Lipinski definition) is 1. The first-order chi connectivity index (χ1) is 15.2. The second-order valence-corrected chi connectivity index (χ2v) is 7.61. The SMILES string of the molecule is COc1cc2[nH]c(N3CCN(Cc4cccnc4)CC3)cc(=O)c2cc1-c1cnco1. The first-order valence-corrected chi connectivity index (χ1v) is 10.2. The Balaban J connectivity index is 1.39. The van der Waals surface area contributed by atoms with Gasteiger partial charge in [0.05, 0.1) is 24.4 Å². The summed E-state index contributed by atoms with van der Waals surface area (Å²) in [6.07, 6.45) is 6.67. The molecule has 0 atom stereocenters. The highest BCUT2D eigenvalue weighted by atomic mass is 16.5. The van der Waals surface area contributed by atoms with Gasteiger partial charge in [0, 0.05) is 62.6 Å². The molecule has 1 aromatic carbocycles. The lowest BCUT2D eigenvalue weighted by Crippen LogP contribution is -2.46. The van der Waals surface area contributed by atoms with Gasteiger partial charge in [0.2, 0.25) is 0 Å². The van der Waals surface area contributed by atoms with Gasteiger partial charge < -0.3 is 19.0 Å². The summed E-state index contributed by atoms with van der Waals surface area (Å²) >= 11 is 0. The molecule has 0 unspecified atom stereocenters. The minimum Gasteiger partial charge on any atom is -0.496 e. The molecule has 0 radical (unpaired) electrons. The largest absolute Gasteiger partial charge is 0.496 e. The zero-order valence-electron chi connectivity index (χ0n) is 17.2. The third-order valence-electron chi connectivity index (χ3n) is 5.68. The second-order valence-electron chi connectivity index (χ2n) is 7.61. The molecule has 158 valence electrons. The van der Waals surface area contributed by atoms with Crippen molar-refractivity contribution in [2.75, 3.05) is 38.2 Å². The monoisotopic (exact) mass is 417 g/mol. The summed E-state index contributed by atoms with van der Waals surface area (Å²) in [6, 6.07) is 9.38. The molecule has 0 amide bonds. The van der Waals surface area contributed by atoms with E-state index in [1.165, 1.54) is 12.0 Å². The topological polar surface area (TPSA) is 87.5 Å². The molecule has 1 saturated heterocycles. The number of aromatic nitrogens is 3. The number of anilines is 1. The molecule has 1 fully saturated rings. The lowest BCUT2D eigenvalue weighted by atomic mass is 10.1. The van der Waals surface area contributed by atoms with E-state index in [1.807, 2.05) is 18.3 Å². The number of hydrogen-bond acceptors (Lipinski definition) is 7. The Labute approximate surface area is 179 Å². The highest BCUT2D eigenvalue weighted by Crippen LogP contribution is 2.33. The first-order valence-electron chi connectivity index (χ1n) is 10.2. The number of piperazine rings is 1. The highest BCUT2D eigenvalue weighted by molar-refractivity contribution is 5.88. The Hall–Kier alpha value is -3.65. The fourth-order valence-corrected chi connectivity index (χ4v) is 4.04. The third-order valence-corrected chi connectivity index (χ3v) is 5.68. The average molecular weight is 417 g/mol. The van der Waals surface area contributed by atoms with Gasteiger partial charge in [-0.25, -0.2) is 4.98 Å². The van der Waals surface area contributed by atoms with Crippen molar-refractivity contribution in [2.45, 2.75) is 6.54 Å². The molecule has 4 aromatic rings. The Morgan fingerprint density at radius 2 is 2.00 bits per heavy atom. The Morgan fingerprint density at radius 1 is 1.13 bits per heavy atom. The number of rotatable bonds is 5. The third kappa shape index (κ3) is 3.89. The molecule has 0 aliphatic carbocycles. The van der Waals surface area contributed by atoms with Crippen LogP contribution in [0.3, 0.4) is 0 Å². The summed E-state index contributed by atoms with van der Waals surface area (Å²) in [4.78, 5) is 29.1. The zero-order chi connectivity index (χ0) is 21.2. The fraction of sp³-hybridized carbons (Fsp3) is 0.261. The smallest absolute Gasteiger partial charge is 0.191 e. The van der Waals surface area contributed by atoms with Crippen LogP contribution in [0, 0.1) is 0 Å². The van der Waals surface area contributed by atoms with Gasteiger partial charge in [0.1, 0.15) is 11.6 Å². The van der Waals surface area contributed by atoms with Crippen LogP contribution in [0.25, 0.3) is 22.2 Å². The number of pyridine rings is 2. The lowest BCUT2D eigenvalue weighted by Gasteiger charge is -2.35. The number of nitrogens with one attached hydrogen (secondary N) is 1. The van der Waals surface area contributed by atoms with E-state index in [0.29, 0.717) is 22.5 Å².